The molecule has 0 radical (unpaired) electrons. The maximum atomic E-state index is 5.74. The Bertz CT molecular complexity index is 461. The van der Waals surface area contributed by atoms with Crippen LogP contribution in [-0.2, 0) is 0 Å². The van der Waals surface area contributed by atoms with Crippen LogP contribution >= 0.6 is 11.8 Å². The van der Waals surface area contributed by atoms with Gasteiger partial charge in [-0.05, 0) is 42.4 Å². The number of nitrogen functional groups attached to an aromatic ring is 1. The molecule has 0 aliphatic rings. The molecule has 5 heteroatoms. The highest BCUT2D eigenvalue weighted by Crippen LogP contribution is 2.28. The van der Waals surface area contributed by atoms with E-state index in [2.05, 4.69) is 10.2 Å². The average molecular weight is 221 g/mol. The zero-order valence-electron chi connectivity index (χ0n) is 8.52. The van der Waals surface area contributed by atoms with E-state index in [9.17, 15) is 0 Å². The van der Waals surface area contributed by atoms with E-state index in [0.717, 1.165) is 16.1 Å². The summed E-state index contributed by atoms with van der Waals surface area (Å²) >= 11 is 1.42. The number of aryl methyl sites for hydroxylation is 2. The van der Waals surface area contributed by atoms with Crippen molar-refractivity contribution in [2.24, 2.45) is 0 Å². The predicted molar refractivity (Wildman–Crippen MR) is 58.7 cm³/mol. The Morgan fingerprint density at radius 3 is 2.60 bits per heavy atom. The highest BCUT2D eigenvalue weighted by atomic mass is 32.2. The number of hydrogen-bond acceptors (Lipinski definition) is 5. The molecule has 1 aromatic heterocycles. The van der Waals surface area contributed by atoms with E-state index in [1.807, 2.05) is 25.1 Å². The average Bonchev–Trinajstić information content (AvgIpc) is 2.49. The minimum atomic E-state index is 0.539. The number of nitrogens with two attached hydrogens (primary N) is 1. The van der Waals surface area contributed by atoms with Gasteiger partial charge in [-0.1, -0.05) is 0 Å². The van der Waals surface area contributed by atoms with Gasteiger partial charge in [0.1, 0.15) is 0 Å². The van der Waals surface area contributed by atoms with Gasteiger partial charge in [0.15, 0.2) is 0 Å². The molecule has 1 aromatic carbocycles. The summed E-state index contributed by atoms with van der Waals surface area (Å²) in [6, 6.07) is 5.83. The first kappa shape index (κ1) is 10.0. The quantitative estimate of drug-likeness (QED) is 0.789. The van der Waals surface area contributed by atoms with Crippen LogP contribution < -0.4 is 5.73 Å². The van der Waals surface area contributed by atoms with Gasteiger partial charge in [0.25, 0.3) is 5.22 Å². The number of benzene rings is 1. The third-order valence-electron chi connectivity index (χ3n) is 1.79. The van der Waals surface area contributed by atoms with Crippen LogP contribution in [0, 0.1) is 13.8 Å². The van der Waals surface area contributed by atoms with Crippen LogP contribution in [0.2, 0.25) is 0 Å². The molecule has 0 bridgehead atoms. The van der Waals surface area contributed by atoms with Gasteiger partial charge in [-0.25, -0.2) is 0 Å². The minimum Gasteiger partial charge on any atom is -0.416 e. The van der Waals surface area contributed by atoms with Crippen LogP contribution in [0.15, 0.2) is 32.7 Å². The molecule has 1 heterocycles. The summed E-state index contributed by atoms with van der Waals surface area (Å²) in [7, 11) is 0. The van der Waals surface area contributed by atoms with E-state index >= 15 is 0 Å². The molecule has 0 saturated heterocycles. The van der Waals surface area contributed by atoms with E-state index in [-0.39, 0.29) is 0 Å². The normalized spacial score (nSPS) is 10.5. The predicted octanol–water partition coefficient (Wildman–Crippen LogP) is 2.42. The second-order valence-electron chi connectivity index (χ2n) is 3.27. The van der Waals surface area contributed by atoms with Crippen LogP contribution in [0.25, 0.3) is 0 Å². The number of nitrogens with zero attached hydrogens (tertiary/aromatic N) is 2. The van der Waals surface area contributed by atoms with Gasteiger partial charge in [-0.2, -0.15) is 0 Å². The standard InChI is InChI=1S/C10H11N3OS/c1-6-3-8(11)5-9(4-6)15-10-13-12-7(2)14-10/h3-5H,11H2,1-2H3. The number of hydrogen-bond donors (Lipinski definition) is 1. The van der Waals surface area contributed by atoms with Gasteiger partial charge in [0.2, 0.25) is 5.89 Å². The molecule has 0 aliphatic carbocycles. The Hall–Kier alpha value is -1.49. The van der Waals surface area contributed by atoms with Crippen molar-refractivity contribution in [3.05, 3.63) is 29.7 Å². The van der Waals surface area contributed by atoms with Crippen molar-refractivity contribution in [2.75, 3.05) is 5.73 Å². The summed E-state index contributed by atoms with van der Waals surface area (Å²) in [5, 5.41) is 8.20. The highest BCUT2D eigenvalue weighted by Gasteiger charge is 2.05. The lowest BCUT2D eigenvalue weighted by Gasteiger charge is -2.00. The van der Waals surface area contributed by atoms with Crippen molar-refractivity contribution < 1.29 is 4.42 Å². The largest absolute Gasteiger partial charge is 0.416 e. The lowest BCUT2D eigenvalue weighted by molar-refractivity contribution is 0.429. The summed E-state index contributed by atoms with van der Waals surface area (Å²) < 4.78 is 5.27. The van der Waals surface area contributed by atoms with Crippen molar-refractivity contribution in [1.29, 1.82) is 0 Å². The number of aromatic nitrogens is 2. The topological polar surface area (TPSA) is 64.9 Å². The molecule has 0 saturated carbocycles. The Labute approximate surface area is 91.9 Å². The molecule has 0 atom stereocenters. The second-order valence-corrected chi connectivity index (χ2v) is 4.29. The molecule has 2 aromatic rings. The van der Waals surface area contributed by atoms with Crippen molar-refractivity contribution in [2.45, 2.75) is 24.0 Å². The van der Waals surface area contributed by atoms with Gasteiger partial charge >= 0.3 is 0 Å². The minimum absolute atomic E-state index is 0.539. The van der Waals surface area contributed by atoms with E-state index in [1.165, 1.54) is 11.8 Å². The first-order chi connectivity index (χ1) is 7.13. The molecule has 0 amide bonds. The molecule has 2 N–H and O–H groups in total. The molecule has 2 rings (SSSR count). The molecule has 15 heavy (non-hydrogen) atoms. The number of rotatable bonds is 2. The van der Waals surface area contributed by atoms with Crippen LogP contribution in [0.4, 0.5) is 5.69 Å². The Balaban J connectivity index is 2.24. The lowest BCUT2D eigenvalue weighted by Crippen LogP contribution is -1.86. The highest BCUT2D eigenvalue weighted by molar-refractivity contribution is 7.99. The van der Waals surface area contributed by atoms with Gasteiger partial charge in [0, 0.05) is 17.5 Å². The zero-order valence-corrected chi connectivity index (χ0v) is 9.34. The third-order valence-corrected chi connectivity index (χ3v) is 2.60. The van der Waals surface area contributed by atoms with Crippen molar-refractivity contribution in [1.82, 2.24) is 10.2 Å². The van der Waals surface area contributed by atoms with Gasteiger partial charge < -0.3 is 10.2 Å². The van der Waals surface area contributed by atoms with Crippen LogP contribution in [0.5, 0.6) is 0 Å². The SMILES string of the molecule is Cc1cc(N)cc(Sc2nnc(C)o2)c1. The summed E-state index contributed by atoms with van der Waals surface area (Å²) in [6.07, 6.45) is 0. The van der Waals surface area contributed by atoms with Gasteiger partial charge in [-0.3, -0.25) is 0 Å². The number of anilines is 1. The Morgan fingerprint density at radius 2 is 2.00 bits per heavy atom. The Morgan fingerprint density at radius 1 is 1.20 bits per heavy atom. The monoisotopic (exact) mass is 221 g/mol. The molecular formula is C10H11N3OS. The van der Waals surface area contributed by atoms with E-state index in [4.69, 9.17) is 10.2 Å². The van der Waals surface area contributed by atoms with Crippen molar-refractivity contribution >= 4 is 17.4 Å². The summed E-state index contributed by atoms with van der Waals surface area (Å²) in [5.74, 6) is 0.568. The molecule has 78 valence electrons. The zero-order chi connectivity index (χ0) is 10.8. The summed E-state index contributed by atoms with van der Waals surface area (Å²) in [6.45, 7) is 3.77. The molecule has 0 spiro atoms. The van der Waals surface area contributed by atoms with Gasteiger partial charge in [0.05, 0.1) is 0 Å². The summed E-state index contributed by atoms with van der Waals surface area (Å²) in [5.41, 5.74) is 7.60. The molecule has 4 nitrogen and oxygen atoms in total. The third kappa shape index (κ3) is 2.50. The molecule has 0 aliphatic heterocycles. The van der Waals surface area contributed by atoms with E-state index < -0.39 is 0 Å². The maximum absolute atomic E-state index is 5.74. The first-order valence-electron chi connectivity index (χ1n) is 4.48. The van der Waals surface area contributed by atoms with Crippen LogP contribution in [0.3, 0.4) is 0 Å². The fourth-order valence-corrected chi connectivity index (χ4v) is 2.14. The van der Waals surface area contributed by atoms with Crippen molar-refractivity contribution in [3.63, 3.8) is 0 Å². The lowest BCUT2D eigenvalue weighted by atomic mass is 10.2. The van der Waals surface area contributed by atoms with E-state index in [1.54, 1.807) is 6.92 Å². The van der Waals surface area contributed by atoms with E-state index in [0.29, 0.717) is 11.1 Å². The Kier molecular flexibility index (Phi) is 2.64. The first-order valence-corrected chi connectivity index (χ1v) is 5.30. The van der Waals surface area contributed by atoms with Crippen molar-refractivity contribution in [3.8, 4) is 0 Å². The van der Waals surface area contributed by atoms with Crippen LogP contribution in [0.1, 0.15) is 11.5 Å². The maximum Gasteiger partial charge on any atom is 0.281 e. The molecule has 0 fully saturated rings. The van der Waals surface area contributed by atoms with Crippen LogP contribution in [-0.4, -0.2) is 10.2 Å². The smallest absolute Gasteiger partial charge is 0.281 e. The molecule has 0 unspecified atom stereocenters. The van der Waals surface area contributed by atoms with Gasteiger partial charge in [-0.15, -0.1) is 10.2 Å². The second kappa shape index (κ2) is 3.94. The fourth-order valence-electron chi connectivity index (χ4n) is 1.26. The molecular weight excluding hydrogens is 210 g/mol. The fraction of sp³-hybridized carbons (Fsp3) is 0.200. The summed E-state index contributed by atoms with van der Waals surface area (Å²) in [4.78, 5) is 1.01.